The van der Waals surface area contributed by atoms with Crippen molar-refractivity contribution < 1.29 is 1.37 Å². The third-order valence-electron chi connectivity index (χ3n) is 0.946. The van der Waals surface area contributed by atoms with Gasteiger partial charge in [0.05, 0.1) is 0 Å². The summed E-state index contributed by atoms with van der Waals surface area (Å²) in [5.41, 5.74) is 0.843. The first-order chi connectivity index (χ1) is 4.83. The van der Waals surface area contributed by atoms with Crippen molar-refractivity contribution in [2.24, 2.45) is 0 Å². The fraction of sp³-hybridized carbons (Fsp3) is 0.143. The Kier molecular flexibility index (Phi) is 1.54. The minimum Gasteiger partial charge on any atom is -0.245 e. The van der Waals surface area contributed by atoms with Crippen molar-refractivity contribution in [1.82, 2.24) is 9.97 Å². The number of nitrogens with zero attached hydrogens (tertiary/aromatic N) is 2. The molecule has 0 aromatic carbocycles. The monoisotopic (exact) mass is 121 g/mol. The van der Waals surface area contributed by atoms with Gasteiger partial charge in [0.15, 0.2) is 0 Å². The third-order valence-corrected chi connectivity index (χ3v) is 0.946. The lowest BCUT2D eigenvalue weighted by atomic mass is 10.3. The van der Waals surface area contributed by atoms with Crippen molar-refractivity contribution in [3.63, 3.8) is 0 Å². The molecule has 1 rings (SSSR count). The molecule has 2 heteroatoms. The highest BCUT2D eigenvalue weighted by Gasteiger charge is 1.84. The first-order valence-corrected chi connectivity index (χ1v) is 2.72. The van der Waals surface area contributed by atoms with Gasteiger partial charge in [-0.1, -0.05) is 6.08 Å². The van der Waals surface area contributed by atoms with Crippen LogP contribution in [0.1, 0.15) is 7.06 Å². The van der Waals surface area contributed by atoms with Crippen LogP contribution in [0, 0.1) is 0 Å². The maximum atomic E-state index is 7.06. The van der Waals surface area contributed by atoms with Crippen LogP contribution in [0.4, 0.5) is 0 Å². The van der Waals surface area contributed by atoms with Gasteiger partial charge in [0.25, 0.3) is 0 Å². The second-order valence-corrected chi connectivity index (χ2v) is 1.64. The van der Waals surface area contributed by atoms with E-state index < -0.39 is 0 Å². The third kappa shape index (κ3) is 1.64. The molecular weight excluding hydrogens is 112 g/mol. The molecule has 0 saturated carbocycles. The van der Waals surface area contributed by atoms with Gasteiger partial charge in [0.1, 0.15) is 7.67 Å². The summed E-state index contributed by atoms with van der Waals surface area (Å²) >= 11 is 0. The summed E-state index contributed by atoms with van der Waals surface area (Å²) in [6.45, 7) is 3.56. The predicted molar refractivity (Wildman–Crippen MR) is 35.9 cm³/mol. The van der Waals surface area contributed by atoms with Crippen LogP contribution in [0.25, 0.3) is 0 Å². The van der Waals surface area contributed by atoms with Crippen molar-refractivity contribution in [2.45, 2.75) is 6.42 Å². The van der Waals surface area contributed by atoms with Crippen LogP contribution in [0.2, 0.25) is 0 Å². The summed E-state index contributed by atoms with van der Waals surface area (Å²) in [5.74, 6) is 0. The Bertz CT molecular complexity index is 235. The lowest BCUT2D eigenvalue weighted by Crippen LogP contribution is -1.85. The van der Waals surface area contributed by atoms with Gasteiger partial charge in [0, 0.05) is 18.3 Å². The summed E-state index contributed by atoms with van der Waals surface area (Å²) in [6.07, 6.45) is 4.10. The van der Waals surface area contributed by atoms with Gasteiger partial charge in [-0.15, -0.1) is 6.58 Å². The molecule has 1 heterocycles. The van der Waals surface area contributed by atoms with Crippen LogP contribution in [-0.2, 0) is 6.42 Å². The molecule has 2 nitrogen and oxygen atoms in total. The predicted octanol–water partition coefficient (Wildman–Crippen LogP) is 1.21. The number of allylic oxidation sites excluding steroid dienone is 1. The average molecular weight is 121 g/mol. The van der Waals surface area contributed by atoms with E-state index >= 15 is 0 Å². The van der Waals surface area contributed by atoms with Gasteiger partial charge in [-0.3, -0.25) is 0 Å². The van der Waals surface area contributed by atoms with Gasteiger partial charge in [-0.25, -0.2) is 9.97 Å². The Morgan fingerprint density at radius 3 is 3.44 bits per heavy atom. The molecule has 0 saturated heterocycles. The van der Waals surface area contributed by atoms with E-state index in [1.807, 2.05) is 0 Å². The maximum absolute atomic E-state index is 7.06. The number of rotatable bonds is 2. The molecular formula is C7H8N2. The molecule has 9 heavy (non-hydrogen) atoms. The van der Waals surface area contributed by atoms with Crippen LogP contribution in [0.5, 0.6) is 0 Å². The van der Waals surface area contributed by atoms with Crippen molar-refractivity contribution in [1.29, 1.82) is 0 Å². The minimum atomic E-state index is 0.0688. The molecule has 0 unspecified atom stereocenters. The summed E-state index contributed by atoms with van der Waals surface area (Å²) in [4.78, 5) is 7.49. The minimum absolute atomic E-state index is 0.0688. The summed E-state index contributed by atoms with van der Waals surface area (Å²) in [7, 11) is 0. The number of aromatic nitrogens is 2. The maximum Gasteiger partial charge on any atom is 0.115 e. The highest BCUT2D eigenvalue weighted by atomic mass is 14.8. The van der Waals surface area contributed by atoms with Crippen LogP contribution in [0.15, 0.2) is 31.2 Å². The van der Waals surface area contributed by atoms with Gasteiger partial charge in [-0.2, -0.15) is 0 Å². The lowest BCUT2D eigenvalue weighted by molar-refractivity contribution is 1.05. The second kappa shape index (κ2) is 2.97. The molecule has 1 aromatic rings. The average Bonchev–Trinajstić information content (AvgIpc) is 1.88. The van der Waals surface area contributed by atoms with E-state index in [9.17, 15) is 0 Å². The molecule has 0 bridgehead atoms. The zero-order valence-electron chi connectivity index (χ0n) is 6.04. The van der Waals surface area contributed by atoms with E-state index in [4.69, 9.17) is 1.37 Å². The van der Waals surface area contributed by atoms with E-state index in [2.05, 4.69) is 16.5 Å². The zero-order chi connectivity index (χ0) is 7.40. The summed E-state index contributed by atoms with van der Waals surface area (Å²) < 4.78 is 7.06. The first kappa shape index (κ1) is 4.68. The smallest absolute Gasteiger partial charge is 0.115 e. The van der Waals surface area contributed by atoms with Gasteiger partial charge in [0.2, 0.25) is 0 Å². The Morgan fingerprint density at radius 2 is 2.78 bits per heavy atom. The molecule has 0 aliphatic rings. The molecule has 0 fully saturated rings. The molecule has 0 aliphatic heterocycles. The molecule has 0 aliphatic carbocycles. The Morgan fingerprint density at radius 1 is 1.89 bits per heavy atom. The Balaban J connectivity index is 2.84. The SMILES string of the molecule is [2H]c1nccc(CC=C)n1. The molecule has 0 spiro atoms. The largest absolute Gasteiger partial charge is 0.245 e. The van der Waals surface area contributed by atoms with Gasteiger partial charge >= 0.3 is 0 Å². The van der Waals surface area contributed by atoms with E-state index in [0.717, 1.165) is 5.69 Å². The van der Waals surface area contributed by atoms with Crippen LogP contribution >= 0.6 is 0 Å². The first-order valence-electron chi connectivity index (χ1n) is 3.22. The Hall–Kier alpha value is -1.18. The molecule has 0 N–H and O–H groups in total. The topological polar surface area (TPSA) is 25.8 Å². The molecule has 0 atom stereocenters. The van der Waals surface area contributed by atoms with Crippen molar-refractivity contribution in [3.05, 3.63) is 36.9 Å². The van der Waals surface area contributed by atoms with Crippen molar-refractivity contribution >= 4 is 0 Å². The standard InChI is InChI=1S/C7H8N2/c1-2-3-7-4-5-8-6-9-7/h2,4-6H,1,3H2/i6D. The van der Waals surface area contributed by atoms with E-state index in [1.54, 1.807) is 18.3 Å². The van der Waals surface area contributed by atoms with Crippen molar-refractivity contribution in [2.75, 3.05) is 0 Å². The highest BCUT2D eigenvalue weighted by molar-refractivity contribution is 5.01. The van der Waals surface area contributed by atoms with Crippen LogP contribution in [-0.4, -0.2) is 9.97 Å². The van der Waals surface area contributed by atoms with Crippen molar-refractivity contribution in [3.8, 4) is 0 Å². The van der Waals surface area contributed by atoms with Gasteiger partial charge < -0.3 is 0 Å². The van der Waals surface area contributed by atoms with E-state index in [0.29, 0.717) is 6.42 Å². The van der Waals surface area contributed by atoms with Gasteiger partial charge in [-0.05, 0) is 6.07 Å². The zero-order valence-corrected chi connectivity index (χ0v) is 5.04. The summed E-state index contributed by atoms with van der Waals surface area (Å²) in [5, 5.41) is 0. The highest BCUT2D eigenvalue weighted by Crippen LogP contribution is 1.91. The normalized spacial score (nSPS) is 10.4. The number of hydrogen-bond acceptors (Lipinski definition) is 2. The fourth-order valence-electron chi connectivity index (χ4n) is 0.549. The molecule has 1 aromatic heterocycles. The molecule has 0 radical (unpaired) electrons. The fourth-order valence-corrected chi connectivity index (χ4v) is 0.549. The second-order valence-electron chi connectivity index (χ2n) is 1.64. The molecule has 0 amide bonds. The summed E-state index contributed by atoms with van der Waals surface area (Å²) in [6, 6.07) is 1.78. The quantitative estimate of drug-likeness (QED) is 0.549. The van der Waals surface area contributed by atoms with Crippen LogP contribution < -0.4 is 0 Å². The van der Waals surface area contributed by atoms with E-state index in [1.165, 1.54) is 0 Å². The molecule has 46 valence electrons. The van der Waals surface area contributed by atoms with Crippen LogP contribution in [0.3, 0.4) is 0 Å². The Labute approximate surface area is 55.7 Å². The number of hydrogen-bond donors (Lipinski definition) is 0. The lowest BCUT2D eigenvalue weighted by Gasteiger charge is -1.89. The van der Waals surface area contributed by atoms with E-state index in [-0.39, 0.29) is 6.30 Å².